The van der Waals surface area contributed by atoms with Crippen molar-refractivity contribution in [3.8, 4) is 0 Å². The van der Waals surface area contributed by atoms with Crippen LogP contribution in [-0.2, 0) is 4.79 Å². The van der Waals surface area contributed by atoms with E-state index in [-0.39, 0.29) is 18.8 Å². The van der Waals surface area contributed by atoms with Gasteiger partial charge in [-0.15, -0.1) is 0 Å². The zero-order valence-electron chi connectivity index (χ0n) is 12.9. The Morgan fingerprint density at radius 3 is 3.00 bits per heavy atom. The number of rotatable bonds is 7. The summed E-state index contributed by atoms with van der Waals surface area (Å²) in [7, 11) is 0. The molecular formula is C10H21NO2. The van der Waals surface area contributed by atoms with Crippen LogP contribution in [0.1, 0.15) is 52.7 Å². The molecule has 0 radical (unpaired) electrons. The molecule has 3 N–H and O–H groups in total. The highest BCUT2D eigenvalue weighted by molar-refractivity contribution is 5.67. The van der Waals surface area contributed by atoms with Gasteiger partial charge >= 0.3 is 5.97 Å². The van der Waals surface area contributed by atoms with E-state index < -0.39 is 25.2 Å². The van der Waals surface area contributed by atoms with Crippen molar-refractivity contribution in [2.45, 2.75) is 51.9 Å². The zero-order valence-corrected chi connectivity index (χ0v) is 7.92. The Labute approximate surface area is 87.3 Å². The SMILES string of the molecule is [2H]C([2H])([2H])C([2H])([2H])CC[C@@H](C)C[C@H](N)CC(=O)O. The predicted molar refractivity (Wildman–Crippen MR) is 53.5 cm³/mol. The van der Waals surface area contributed by atoms with Gasteiger partial charge in [-0.2, -0.15) is 0 Å². The van der Waals surface area contributed by atoms with Gasteiger partial charge in [0.15, 0.2) is 0 Å². The topological polar surface area (TPSA) is 63.3 Å². The van der Waals surface area contributed by atoms with E-state index in [1.54, 1.807) is 0 Å². The van der Waals surface area contributed by atoms with Gasteiger partial charge in [-0.05, 0) is 12.3 Å². The summed E-state index contributed by atoms with van der Waals surface area (Å²) in [5, 5.41) is 8.55. The van der Waals surface area contributed by atoms with Gasteiger partial charge in [-0.1, -0.05) is 33.0 Å². The van der Waals surface area contributed by atoms with Gasteiger partial charge in [0.1, 0.15) is 0 Å². The maximum atomic E-state index is 10.4. The predicted octanol–water partition coefficient (Wildman–Crippen LogP) is 2.00. The first-order valence-electron chi connectivity index (χ1n) is 6.93. The van der Waals surface area contributed by atoms with Crippen LogP contribution in [0.15, 0.2) is 0 Å². The molecule has 0 aliphatic heterocycles. The van der Waals surface area contributed by atoms with Crippen molar-refractivity contribution in [3.63, 3.8) is 0 Å². The molecule has 0 fully saturated rings. The summed E-state index contributed by atoms with van der Waals surface area (Å²) in [5.41, 5.74) is 5.61. The fourth-order valence-electron chi connectivity index (χ4n) is 1.26. The average molecular weight is 192 g/mol. The first-order chi connectivity index (χ1) is 7.95. The highest BCUT2D eigenvalue weighted by Crippen LogP contribution is 2.14. The van der Waals surface area contributed by atoms with Crippen LogP contribution in [0.3, 0.4) is 0 Å². The summed E-state index contributed by atoms with van der Waals surface area (Å²) in [4.78, 5) is 10.4. The molecule has 0 bridgehead atoms. The van der Waals surface area contributed by atoms with E-state index in [1.807, 2.05) is 6.92 Å². The van der Waals surface area contributed by atoms with Crippen LogP contribution in [-0.4, -0.2) is 17.1 Å². The normalized spacial score (nSPS) is 23.1. The van der Waals surface area contributed by atoms with Gasteiger partial charge in [0.05, 0.1) is 6.42 Å². The minimum Gasteiger partial charge on any atom is -0.481 e. The molecule has 0 aromatic rings. The van der Waals surface area contributed by atoms with E-state index in [0.717, 1.165) is 0 Å². The third-order valence-corrected chi connectivity index (χ3v) is 1.90. The molecule has 0 saturated carbocycles. The smallest absolute Gasteiger partial charge is 0.304 e. The Kier molecular flexibility index (Phi) is 3.19. The summed E-state index contributed by atoms with van der Waals surface area (Å²) < 4.78 is 36.1. The maximum Gasteiger partial charge on any atom is 0.304 e. The van der Waals surface area contributed by atoms with Crippen molar-refractivity contribution in [1.29, 1.82) is 0 Å². The van der Waals surface area contributed by atoms with Crippen LogP contribution >= 0.6 is 0 Å². The second-order valence-electron chi connectivity index (χ2n) is 3.41. The van der Waals surface area contributed by atoms with E-state index in [2.05, 4.69) is 0 Å². The fraction of sp³-hybridized carbons (Fsp3) is 0.900. The van der Waals surface area contributed by atoms with E-state index in [4.69, 9.17) is 17.7 Å². The lowest BCUT2D eigenvalue weighted by atomic mass is 9.95. The second kappa shape index (κ2) is 6.89. The van der Waals surface area contributed by atoms with Crippen LogP contribution in [0, 0.1) is 5.92 Å². The molecule has 0 amide bonds. The quantitative estimate of drug-likeness (QED) is 0.648. The van der Waals surface area contributed by atoms with Gasteiger partial charge in [0.2, 0.25) is 0 Å². The monoisotopic (exact) mass is 192 g/mol. The molecule has 0 unspecified atom stereocenters. The molecule has 0 aromatic heterocycles. The standard InChI is InChI=1S/C10H21NO2/c1-3-4-5-8(2)6-9(11)7-10(12)13/h8-9H,3-7,11H2,1-2H3,(H,12,13)/t8-,9+/m1/s1/i1D3,3D2. The number of carboxylic acids is 1. The third-order valence-electron chi connectivity index (χ3n) is 1.90. The fourth-order valence-corrected chi connectivity index (χ4v) is 1.26. The number of carbonyl (C=O) groups is 1. The van der Waals surface area contributed by atoms with Gasteiger partial charge in [-0.25, -0.2) is 0 Å². The molecule has 13 heavy (non-hydrogen) atoms. The van der Waals surface area contributed by atoms with Crippen molar-refractivity contribution in [1.82, 2.24) is 0 Å². The molecule has 0 aliphatic carbocycles. The minimum absolute atomic E-state index is 0.00299. The van der Waals surface area contributed by atoms with E-state index >= 15 is 0 Å². The molecule has 78 valence electrons. The van der Waals surface area contributed by atoms with Crippen molar-refractivity contribution >= 4 is 5.97 Å². The summed E-state index contributed by atoms with van der Waals surface area (Å²) in [5.74, 6) is -0.968. The molecule has 3 heteroatoms. The van der Waals surface area contributed by atoms with E-state index in [1.165, 1.54) is 0 Å². The summed E-state index contributed by atoms with van der Waals surface area (Å²) in [6.45, 7) is -0.812. The van der Waals surface area contributed by atoms with Crippen LogP contribution < -0.4 is 5.73 Å². The molecule has 0 aliphatic rings. The van der Waals surface area contributed by atoms with Gasteiger partial charge in [0, 0.05) is 12.9 Å². The Bertz CT molecular complexity index is 280. The first-order valence-corrected chi connectivity index (χ1v) is 4.43. The van der Waals surface area contributed by atoms with E-state index in [9.17, 15) is 4.79 Å². The van der Waals surface area contributed by atoms with Gasteiger partial charge in [-0.3, -0.25) is 4.79 Å². The van der Waals surface area contributed by atoms with Crippen molar-refractivity contribution in [2.75, 3.05) is 0 Å². The zero-order chi connectivity index (χ0) is 14.6. The van der Waals surface area contributed by atoms with Crippen molar-refractivity contribution in [2.24, 2.45) is 11.7 Å². The third kappa shape index (κ3) is 7.78. The lowest BCUT2D eigenvalue weighted by molar-refractivity contribution is -0.137. The van der Waals surface area contributed by atoms with Crippen LogP contribution in [0.25, 0.3) is 0 Å². The first kappa shape index (κ1) is 6.02. The van der Waals surface area contributed by atoms with Crippen molar-refractivity contribution in [3.05, 3.63) is 0 Å². The number of nitrogens with two attached hydrogens (primary N) is 1. The van der Waals surface area contributed by atoms with Crippen LogP contribution in [0.4, 0.5) is 0 Å². The Hall–Kier alpha value is -0.570. The van der Waals surface area contributed by atoms with Gasteiger partial charge in [0.25, 0.3) is 0 Å². The summed E-state index contributed by atoms with van der Waals surface area (Å²) >= 11 is 0. The highest BCUT2D eigenvalue weighted by Gasteiger charge is 2.11. The second-order valence-corrected chi connectivity index (χ2v) is 3.41. The Balaban J connectivity index is 4.11. The Morgan fingerprint density at radius 2 is 2.46 bits per heavy atom. The average Bonchev–Trinajstić information content (AvgIpc) is 2.11. The molecule has 0 saturated heterocycles. The minimum atomic E-state index is -2.63. The maximum absolute atomic E-state index is 10.4. The lowest BCUT2D eigenvalue weighted by Gasteiger charge is -2.15. The largest absolute Gasteiger partial charge is 0.481 e. The highest BCUT2D eigenvalue weighted by atomic mass is 16.4. The number of hydrogen-bond acceptors (Lipinski definition) is 2. The number of aliphatic carboxylic acids is 1. The molecule has 2 atom stereocenters. The summed E-state index contributed by atoms with van der Waals surface area (Å²) in [6, 6.07) is -0.476. The molecule has 0 heterocycles. The molecular weight excluding hydrogens is 166 g/mol. The number of hydrogen-bond donors (Lipinski definition) is 2. The molecule has 0 aromatic carbocycles. The van der Waals surface area contributed by atoms with Crippen LogP contribution in [0.5, 0.6) is 0 Å². The lowest BCUT2D eigenvalue weighted by Crippen LogP contribution is -2.25. The van der Waals surface area contributed by atoms with E-state index in [0.29, 0.717) is 12.8 Å². The number of carboxylic acid groups (broad SMARTS) is 1. The molecule has 0 spiro atoms. The molecule has 0 rings (SSSR count). The summed E-state index contributed by atoms with van der Waals surface area (Å²) in [6.07, 6.45) is -1.60. The van der Waals surface area contributed by atoms with Crippen LogP contribution in [0.2, 0.25) is 0 Å². The molecule has 3 nitrogen and oxygen atoms in total. The van der Waals surface area contributed by atoms with Gasteiger partial charge < -0.3 is 10.8 Å². The van der Waals surface area contributed by atoms with Crippen molar-refractivity contribution < 1.29 is 16.8 Å². The Morgan fingerprint density at radius 1 is 1.77 bits per heavy atom.